The highest BCUT2D eigenvalue weighted by molar-refractivity contribution is 6.04. The number of rotatable bonds is 9. The summed E-state index contributed by atoms with van der Waals surface area (Å²) in [7, 11) is 0. The van der Waals surface area contributed by atoms with Crippen LogP contribution in [0.1, 0.15) is 10.4 Å². The predicted molar refractivity (Wildman–Crippen MR) is 128 cm³/mol. The van der Waals surface area contributed by atoms with E-state index in [-0.39, 0.29) is 5.91 Å². The summed E-state index contributed by atoms with van der Waals surface area (Å²) < 4.78 is 11.3. The van der Waals surface area contributed by atoms with E-state index in [0.29, 0.717) is 24.5 Å². The summed E-state index contributed by atoms with van der Waals surface area (Å²) in [6.07, 6.45) is 0. The molecule has 0 bridgehead atoms. The Balaban J connectivity index is 1.28. The van der Waals surface area contributed by atoms with Crippen LogP contribution >= 0.6 is 0 Å². The van der Waals surface area contributed by atoms with E-state index < -0.39 is 0 Å². The summed E-state index contributed by atoms with van der Waals surface area (Å²) in [4.78, 5) is 12.7. The van der Waals surface area contributed by atoms with Crippen molar-refractivity contribution in [3.05, 3.63) is 115 Å². The Morgan fingerprint density at radius 3 is 1.88 bits per heavy atom. The predicted octanol–water partition coefficient (Wildman–Crippen LogP) is 6.14. The number of carbonyl (C=O) groups excluding carboxylic acids is 1. The van der Waals surface area contributed by atoms with Crippen molar-refractivity contribution in [2.45, 2.75) is 0 Å². The number of ether oxygens (including phenoxy) is 2. The van der Waals surface area contributed by atoms with Gasteiger partial charge in [0.15, 0.2) is 0 Å². The molecule has 0 fully saturated rings. The lowest BCUT2D eigenvalue weighted by Crippen LogP contribution is -2.13. The standard InChI is InChI=1S/C27H24N2O3/c30-27(29-24-16-14-23(15-17-24)28-22-9-3-1-4-10-22)21-8-7-13-26(20-21)32-19-18-31-25-11-5-2-6-12-25/h1-17,20,28H,18-19H2,(H,29,30). The Morgan fingerprint density at radius 2 is 1.16 bits per heavy atom. The van der Waals surface area contributed by atoms with E-state index in [9.17, 15) is 4.79 Å². The fourth-order valence-electron chi connectivity index (χ4n) is 3.09. The number of amides is 1. The minimum atomic E-state index is -0.195. The van der Waals surface area contributed by atoms with Crippen molar-refractivity contribution in [1.29, 1.82) is 0 Å². The molecule has 0 heterocycles. The van der Waals surface area contributed by atoms with Crippen LogP contribution in [0.25, 0.3) is 0 Å². The lowest BCUT2D eigenvalue weighted by atomic mass is 10.2. The largest absolute Gasteiger partial charge is 0.490 e. The average Bonchev–Trinajstić information content (AvgIpc) is 2.85. The Kier molecular flexibility index (Phi) is 7.01. The highest BCUT2D eigenvalue weighted by Crippen LogP contribution is 2.20. The van der Waals surface area contributed by atoms with Gasteiger partial charge >= 0.3 is 0 Å². The molecule has 0 saturated heterocycles. The lowest BCUT2D eigenvalue weighted by molar-refractivity contribution is 0.102. The zero-order valence-corrected chi connectivity index (χ0v) is 17.5. The lowest BCUT2D eigenvalue weighted by Gasteiger charge is -2.11. The monoisotopic (exact) mass is 424 g/mol. The molecule has 0 aliphatic heterocycles. The fourth-order valence-corrected chi connectivity index (χ4v) is 3.09. The summed E-state index contributed by atoms with van der Waals surface area (Å²) in [5, 5.41) is 6.24. The van der Waals surface area contributed by atoms with Gasteiger partial charge in [-0.25, -0.2) is 0 Å². The maximum atomic E-state index is 12.7. The molecule has 0 aromatic heterocycles. The molecule has 0 unspecified atom stereocenters. The minimum Gasteiger partial charge on any atom is -0.490 e. The molecule has 4 aromatic rings. The highest BCUT2D eigenvalue weighted by Gasteiger charge is 2.08. The van der Waals surface area contributed by atoms with Crippen LogP contribution in [0.5, 0.6) is 11.5 Å². The third-order valence-electron chi connectivity index (χ3n) is 4.67. The van der Waals surface area contributed by atoms with Crippen molar-refractivity contribution in [2.24, 2.45) is 0 Å². The SMILES string of the molecule is O=C(Nc1ccc(Nc2ccccc2)cc1)c1cccc(OCCOc2ccccc2)c1. The van der Waals surface area contributed by atoms with E-state index in [4.69, 9.17) is 9.47 Å². The van der Waals surface area contributed by atoms with Crippen LogP contribution in [0.2, 0.25) is 0 Å². The van der Waals surface area contributed by atoms with Crippen LogP contribution in [0.3, 0.4) is 0 Å². The van der Waals surface area contributed by atoms with Gasteiger partial charge < -0.3 is 20.1 Å². The second kappa shape index (κ2) is 10.7. The normalized spacial score (nSPS) is 10.2. The molecule has 4 aromatic carbocycles. The van der Waals surface area contributed by atoms with Crippen LogP contribution < -0.4 is 20.1 Å². The molecule has 5 nitrogen and oxygen atoms in total. The van der Waals surface area contributed by atoms with Crippen molar-refractivity contribution in [3.63, 3.8) is 0 Å². The topological polar surface area (TPSA) is 59.6 Å². The first-order valence-electron chi connectivity index (χ1n) is 10.4. The molecule has 2 N–H and O–H groups in total. The summed E-state index contributed by atoms with van der Waals surface area (Å²) >= 11 is 0. The highest BCUT2D eigenvalue weighted by atomic mass is 16.5. The van der Waals surface area contributed by atoms with Gasteiger partial charge in [-0.1, -0.05) is 42.5 Å². The first-order valence-corrected chi connectivity index (χ1v) is 10.4. The molecule has 5 heteroatoms. The van der Waals surface area contributed by atoms with Crippen molar-refractivity contribution in [2.75, 3.05) is 23.8 Å². The van der Waals surface area contributed by atoms with Crippen molar-refractivity contribution in [3.8, 4) is 11.5 Å². The number of para-hydroxylation sites is 2. The van der Waals surface area contributed by atoms with Gasteiger partial charge in [-0.2, -0.15) is 0 Å². The maximum Gasteiger partial charge on any atom is 0.255 e. The third kappa shape index (κ3) is 6.12. The van der Waals surface area contributed by atoms with Crippen molar-refractivity contribution < 1.29 is 14.3 Å². The van der Waals surface area contributed by atoms with Crippen LogP contribution in [0.4, 0.5) is 17.1 Å². The molecule has 0 saturated carbocycles. The summed E-state index contributed by atoms with van der Waals surface area (Å²) in [6.45, 7) is 0.805. The average molecular weight is 425 g/mol. The number of carbonyl (C=O) groups is 1. The van der Waals surface area contributed by atoms with E-state index in [1.165, 1.54) is 0 Å². The van der Waals surface area contributed by atoms with E-state index in [1.54, 1.807) is 18.2 Å². The molecule has 0 aliphatic rings. The van der Waals surface area contributed by atoms with Crippen molar-refractivity contribution in [1.82, 2.24) is 0 Å². The van der Waals surface area contributed by atoms with E-state index >= 15 is 0 Å². The number of hydrogen-bond donors (Lipinski definition) is 2. The van der Waals surface area contributed by atoms with Gasteiger partial charge in [-0.3, -0.25) is 4.79 Å². The summed E-state index contributed by atoms with van der Waals surface area (Å²) in [5.74, 6) is 1.23. The van der Waals surface area contributed by atoms with Crippen LogP contribution in [-0.4, -0.2) is 19.1 Å². The first kappa shape index (κ1) is 21.0. The summed E-state index contributed by atoms with van der Waals surface area (Å²) in [6, 6.07) is 34.2. The van der Waals surface area contributed by atoms with Gasteiger partial charge in [0.1, 0.15) is 24.7 Å². The van der Waals surface area contributed by atoms with Gasteiger partial charge in [0.2, 0.25) is 0 Å². The van der Waals surface area contributed by atoms with E-state index in [0.717, 1.165) is 22.8 Å². The maximum absolute atomic E-state index is 12.7. The van der Waals surface area contributed by atoms with Crippen LogP contribution in [0.15, 0.2) is 109 Å². The third-order valence-corrected chi connectivity index (χ3v) is 4.67. The Labute approximate surface area is 187 Å². The van der Waals surface area contributed by atoms with Gasteiger partial charge in [-0.05, 0) is 66.7 Å². The smallest absolute Gasteiger partial charge is 0.255 e. The molecule has 0 aliphatic carbocycles. The quantitative estimate of drug-likeness (QED) is 0.317. The molecule has 0 radical (unpaired) electrons. The fraction of sp³-hybridized carbons (Fsp3) is 0.0741. The Morgan fingerprint density at radius 1 is 0.594 bits per heavy atom. The van der Waals surface area contributed by atoms with E-state index in [1.807, 2.05) is 91.0 Å². The zero-order chi connectivity index (χ0) is 22.0. The molecule has 4 rings (SSSR count). The second-order valence-electron chi connectivity index (χ2n) is 7.06. The first-order chi connectivity index (χ1) is 15.8. The second-order valence-corrected chi connectivity index (χ2v) is 7.06. The van der Waals surface area contributed by atoms with Gasteiger partial charge in [-0.15, -0.1) is 0 Å². The molecule has 32 heavy (non-hydrogen) atoms. The number of hydrogen-bond acceptors (Lipinski definition) is 4. The molecular formula is C27H24N2O3. The van der Waals surface area contributed by atoms with Crippen LogP contribution in [0, 0.1) is 0 Å². The number of nitrogens with one attached hydrogen (secondary N) is 2. The van der Waals surface area contributed by atoms with Crippen molar-refractivity contribution >= 4 is 23.0 Å². The molecule has 160 valence electrons. The molecule has 0 atom stereocenters. The van der Waals surface area contributed by atoms with Crippen LogP contribution in [-0.2, 0) is 0 Å². The molecular weight excluding hydrogens is 400 g/mol. The molecule has 0 spiro atoms. The van der Waals surface area contributed by atoms with Gasteiger partial charge in [0.25, 0.3) is 5.91 Å². The molecule has 1 amide bonds. The summed E-state index contributed by atoms with van der Waals surface area (Å²) in [5.41, 5.74) is 3.20. The van der Waals surface area contributed by atoms with Gasteiger partial charge in [0, 0.05) is 22.6 Å². The zero-order valence-electron chi connectivity index (χ0n) is 17.5. The number of anilines is 3. The van der Waals surface area contributed by atoms with E-state index in [2.05, 4.69) is 10.6 Å². The number of benzene rings is 4. The minimum absolute atomic E-state index is 0.195. The Bertz CT molecular complexity index is 1130. The van der Waals surface area contributed by atoms with Gasteiger partial charge in [0.05, 0.1) is 0 Å². The Hall–Kier alpha value is -4.25.